The molecule has 1 aromatic carbocycles. The predicted molar refractivity (Wildman–Crippen MR) is 115 cm³/mol. The van der Waals surface area contributed by atoms with Crippen molar-refractivity contribution in [2.24, 2.45) is 11.7 Å². The van der Waals surface area contributed by atoms with Crippen molar-refractivity contribution in [2.75, 3.05) is 13.1 Å². The predicted octanol–water partition coefficient (Wildman–Crippen LogP) is 0.279. The van der Waals surface area contributed by atoms with Gasteiger partial charge in [0.15, 0.2) is 0 Å². The molecule has 3 amide bonds. The molecule has 4 unspecified atom stereocenters. The van der Waals surface area contributed by atoms with Gasteiger partial charge in [-0.1, -0.05) is 50.6 Å². The van der Waals surface area contributed by atoms with Crippen LogP contribution in [0.2, 0.25) is 0 Å². The standard InChI is InChI=1S/C22H32N4O5/c1-3-14(2)19(25-20(29)16(23)12-15-8-5-4-6-9-15)22(31)26-11-7-10-17(26)21(30)24-13-18(27)28/h4-6,8-9,14,16-17,19H,3,7,10-13,23H2,1-2H3,(H,24,30)(H,25,29)(H,27,28). The SMILES string of the molecule is CCC(C)C(NC(=O)C(N)Cc1ccccc1)C(=O)N1CCCC1C(=O)NCC(=O)O. The third-order valence-corrected chi connectivity index (χ3v) is 5.66. The number of rotatable bonds is 10. The number of hydrogen-bond donors (Lipinski definition) is 4. The summed E-state index contributed by atoms with van der Waals surface area (Å²) >= 11 is 0. The number of nitrogens with one attached hydrogen (secondary N) is 2. The van der Waals surface area contributed by atoms with Gasteiger partial charge in [-0.15, -0.1) is 0 Å². The van der Waals surface area contributed by atoms with Crippen molar-refractivity contribution in [2.45, 2.75) is 57.7 Å². The van der Waals surface area contributed by atoms with Crippen LogP contribution >= 0.6 is 0 Å². The lowest BCUT2D eigenvalue weighted by Crippen LogP contribution is -2.58. The Balaban J connectivity index is 2.08. The fraction of sp³-hybridized carbons (Fsp3) is 0.545. The molecule has 5 N–H and O–H groups in total. The van der Waals surface area contributed by atoms with E-state index in [1.165, 1.54) is 4.90 Å². The minimum atomic E-state index is -1.15. The minimum absolute atomic E-state index is 0.163. The maximum atomic E-state index is 13.3. The highest BCUT2D eigenvalue weighted by Crippen LogP contribution is 2.21. The van der Waals surface area contributed by atoms with Gasteiger partial charge < -0.3 is 26.4 Å². The highest BCUT2D eigenvalue weighted by molar-refractivity contribution is 5.94. The van der Waals surface area contributed by atoms with E-state index >= 15 is 0 Å². The van der Waals surface area contributed by atoms with Crippen molar-refractivity contribution in [3.8, 4) is 0 Å². The molecular formula is C22H32N4O5. The summed E-state index contributed by atoms with van der Waals surface area (Å²) in [6.07, 6.45) is 2.07. The number of hydrogen-bond acceptors (Lipinski definition) is 5. The lowest BCUT2D eigenvalue weighted by molar-refractivity contribution is -0.143. The second kappa shape index (κ2) is 11.5. The van der Waals surface area contributed by atoms with Crippen molar-refractivity contribution >= 4 is 23.7 Å². The molecule has 4 atom stereocenters. The summed E-state index contributed by atoms with van der Waals surface area (Å²) in [6.45, 7) is 3.66. The average molecular weight is 433 g/mol. The minimum Gasteiger partial charge on any atom is -0.480 e. The number of aliphatic carboxylic acids is 1. The second-order valence-corrected chi connectivity index (χ2v) is 7.97. The first-order valence-electron chi connectivity index (χ1n) is 10.6. The summed E-state index contributed by atoms with van der Waals surface area (Å²) in [4.78, 5) is 50.6. The zero-order chi connectivity index (χ0) is 23.0. The molecule has 0 aliphatic carbocycles. The number of benzene rings is 1. The molecular weight excluding hydrogens is 400 g/mol. The molecule has 2 rings (SSSR count). The maximum absolute atomic E-state index is 13.3. The number of carbonyl (C=O) groups excluding carboxylic acids is 3. The first kappa shape index (κ1) is 24.3. The average Bonchev–Trinajstić information content (AvgIpc) is 3.25. The molecule has 0 saturated carbocycles. The van der Waals surface area contributed by atoms with Gasteiger partial charge in [-0.3, -0.25) is 19.2 Å². The van der Waals surface area contributed by atoms with Crippen molar-refractivity contribution in [1.29, 1.82) is 0 Å². The molecule has 0 radical (unpaired) electrons. The van der Waals surface area contributed by atoms with Crippen LogP contribution in [0, 0.1) is 5.92 Å². The van der Waals surface area contributed by atoms with E-state index in [0.29, 0.717) is 32.2 Å². The Kier molecular flexibility index (Phi) is 8.99. The Morgan fingerprint density at radius 2 is 1.90 bits per heavy atom. The van der Waals surface area contributed by atoms with E-state index in [1.54, 1.807) is 0 Å². The van der Waals surface area contributed by atoms with Gasteiger partial charge in [-0.2, -0.15) is 0 Å². The molecule has 0 bridgehead atoms. The van der Waals surface area contributed by atoms with Crippen molar-refractivity contribution in [3.63, 3.8) is 0 Å². The summed E-state index contributed by atoms with van der Waals surface area (Å²) in [6, 6.07) is 7.02. The summed E-state index contributed by atoms with van der Waals surface area (Å²) < 4.78 is 0. The largest absolute Gasteiger partial charge is 0.480 e. The van der Waals surface area contributed by atoms with Crippen LogP contribution in [0.25, 0.3) is 0 Å². The number of nitrogens with two attached hydrogens (primary N) is 1. The number of carbonyl (C=O) groups is 4. The van der Waals surface area contributed by atoms with Gasteiger partial charge in [-0.25, -0.2) is 0 Å². The number of amides is 3. The van der Waals surface area contributed by atoms with Crippen LogP contribution < -0.4 is 16.4 Å². The summed E-state index contributed by atoms with van der Waals surface area (Å²) in [7, 11) is 0. The Labute approximate surface area is 182 Å². The van der Waals surface area contributed by atoms with Gasteiger partial charge in [0.2, 0.25) is 17.7 Å². The van der Waals surface area contributed by atoms with Crippen molar-refractivity contribution < 1.29 is 24.3 Å². The molecule has 0 spiro atoms. The van der Waals surface area contributed by atoms with Crippen LogP contribution in [0.3, 0.4) is 0 Å². The lowest BCUT2D eigenvalue weighted by Gasteiger charge is -2.31. The summed E-state index contributed by atoms with van der Waals surface area (Å²) in [5.41, 5.74) is 7.00. The number of carboxylic acid groups (broad SMARTS) is 1. The maximum Gasteiger partial charge on any atom is 0.322 e. The van der Waals surface area contributed by atoms with Gasteiger partial charge in [0.05, 0.1) is 6.04 Å². The lowest BCUT2D eigenvalue weighted by atomic mass is 9.96. The van der Waals surface area contributed by atoms with Gasteiger partial charge in [-0.05, 0) is 30.7 Å². The molecule has 31 heavy (non-hydrogen) atoms. The number of nitrogens with zero attached hydrogens (tertiary/aromatic N) is 1. The molecule has 1 saturated heterocycles. The van der Waals surface area contributed by atoms with Gasteiger partial charge in [0, 0.05) is 6.54 Å². The topological polar surface area (TPSA) is 142 Å². The first-order chi connectivity index (χ1) is 14.7. The van der Waals surface area contributed by atoms with Crippen molar-refractivity contribution in [3.05, 3.63) is 35.9 Å². The van der Waals surface area contributed by atoms with Gasteiger partial charge in [0.25, 0.3) is 0 Å². The highest BCUT2D eigenvalue weighted by atomic mass is 16.4. The zero-order valence-corrected chi connectivity index (χ0v) is 18.0. The summed E-state index contributed by atoms with van der Waals surface area (Å²) in [5.74, 6) is -2.58. The Hall–Kier alpha value is -2.94. The van der Waals surface area contributed by atoms with E-state index in [2.05, 4.69) is 10.6 Å². The Bertz CT molecular complexity index is 785. The molecule has 1 aliphatic heterocycles. The highest BCUT2D eigenvalue weighted by Gasteiger charge is 2.39. The van der Waals surface area contributed by atoms with Crippen molar-refractivity contribution in [1.82, 2.24) is 15.5 Å². The van der Waals surface area contributed by atoms with Gasteiger partial charge in [0.1, 0.15) is 18.6 Å². The van der Waals surface area contributed by atoms with Crippen LogP contribution in [0.5, 0.6) is 0 Å². The van der Waals surface area contributed by atoms with E-state index in [-0.39, 0.29) is 11.8 Å². The fourth-order valence-corrected chi connectivity index (χ4v) is 3.67. The van der Waals surface area contributed by atoms with E-state index < -0.39 is 42.5 Å². The third kappa shape index (κ3) is 6.78. The van der Waals surface area contributed by atoms with E-state index in [1.807, 2.05) is 44.2 Å². The monoisotopic (exact) mass is 432 g/mol. The normalized spacial score (nSPS) is 18.7. The van der Waals surface area contributed by atoms with E-state index in [0.717, 1.165) is 5.56 Å². The second-order valence-electron chi connectivity index (χ2n) is 7.97. The Morgan fingerprint density at radius 1 is 1.23 bits per heavy atom. The van der Waals surface area contributed by atoms with Crippen LogP contribution in [-0.2, 0) is 25.6 Å². The van der Waals surface area contributed by atoms with Crippen LogP contribution in [-0.4, -0.2) is 64.9 Å². The van der Waals surface area contributed by atoms with E-state index in [4.69, 9.17) is 10.8 Å². The number of carboxylic acids is 1. The third-order valence-electron chi connectivity index (χ3n) is 5.66. The quantitative estimate of drug-likeness (QED) is 0.418. The molecule has 0 aromatic heterocycles. The fourth-order valence-electron chi connectivity index (χ4n) is 3.67. The molecule has 1 fully saturated rings. The molecule has 1 aliphatic rings. The zero-order valence-electron chi connectivity index (χ0n) is 18.0. The molecule has 9 heteroatoms. The van der Waals surface area contributed by atoms with Gasteiger partial charge >= 0.3 is 5.97 Å². The number of likely N-dealkylation sites (tertiary alicyclic amines) is 1. The smallest absolute Gasteiger partial charge is 0.322 e. The van der Waals surface area contributed by atoms with E-state index in [9.17, 15) is 19.2 Å². The summed E-state index contributed by atoms with van der Waals surface area (Å²) in [5, 5.41) is 13.9. The van der Waals surface area contributed by atoms with Crippen LogP contribution in [0.15, 0.2) is 30.3 Å². The molecule has 170 valence electrons. The van der Waals surface area contributed by atoms with Crippen LogP contribution in [0.4, 0.5) is 0 Å². The molecule has 9 nitrogen and oxygen atoms in total. The first-order valence-corrected chi connectivity index (χ1v) is 10.6. The molecule has 1 aromatic rings. The Morgan fingerprint density at radius 3 is 2.52 bits per heavy atom. The molecule has 1 heterocycles. The van der Waals surface area contributed by atoms with Crippen LogP contribution in [0.1, 0.15) is 38.7 Å².